The minimum Gasteiger partial charge on any atom is -0.481 e. The quantitative estimate of drug-likeness (QED) is 0.876. The number of aliphatic carboxylic acids is 2. The second kappa shape index (κ2) is 5.95. The van der Waals surface area contributed by atoms with E-state index < -0.39 is 23.8 Å². The summed E-state index contributed by atoms with van der Waals surface area (Å²) < 4.78 is 0. The van der Waals surface area contributed by atoms with Crippen LogP contribution in [0.5, 0.6) is 0 Å². The van der Waals surface area contributed by atoms with Gasteiger partial charge in [-0.1, -0.05) is 18.2 Å². The summed E-state index contributed by atoms with van der Waals surface area (Å²) in [5.74, 6) is -2.37. The Hall–Kier alpha value is -2.37. The molecule has 0 aliphatic carbocycles. The highest BCUT2D eigenvalue weighted by molar-refractivity contribution is 5.94. The maximum atomic E-state index is 12.3. The lowest BCUT2D eigenvalue weighted by atomic mass is 9.75. The lowest BCUT2D eigenvalue weighted by molar-refractivity contribution is -0.158. The molecule has 0 bridgehead atoms. The van der Waals surface area contributed by atoms with Crippen molar-refractivity contribution in [1.29, 1.82) is 0 Å². The number of hydrogen-bond donors (Lipinski definition) is 2. The fourth-order valence-electron chi connectivity index (χ4n) is 2.66. The summed E-state index contributed by atoms with van der Waals surface area (Å²) in [5.41, 5.74) is -0.710. The summed E-state index contributed by atoms with van der Waals surface area (Å²) in [6, 6.07) is 8.76. The molecule has 1 aromatic rings. The molecule has 1 aromatic carbocycles. The number of benzene rings is 1. The molecule has 1 amide bonds. The predicted molar refractivity (Wildman–Crippen MR) is 73.9 cm³/mol. The third kappa shape index (κ3) is 3.21. The number of carboxylic acids is 2. The largest absolute Gasteiger partial charge is 0.481 e. The molecule has 1 aliphatic heterocycles. The van der Waals surface area contributed by atoms with E-state index in [4.69, 9.17) is 5.11 Å². The molecule has 6 nitrogen and oxygen atoms in total. The number of rotatable bonds is 4. The maximum Gasteiger partial charge on any atom is 0.310 e. The molecule has 2 N–H and O–H groups in total. The van der Waals surface area contributed by atoms with Crippen LogP contribution in [0.3, 0.4) is 0 Å². The standard InChI is InChI=1S/C15H17NO5/c17-12(18)10-15(14(20)21)6-8-16(9-7-15)13(19)11-4-2-1-3-5-11/h1-5H,6-10H2,(H,17,18)(H,20,21). The molecule has 1 heterocycles. The zero-order valence-corrected chi connectivity index (χ0v) is 11.5. The first-order chi connectivity index (χ1) is 9.94. The Morgan fingerprint density at radius 1 is 1.05 bits per heavy atom. The molecule has 1 aliphatic rings. The molecule has 112 valence electrons. The van der Waals surface area contributed by atoms with Gasteiger partial charge >= 0.3 is 11.9 Å². The number of piperidine rings is 1. The number of carboxylic acid groups (broad SMARTS) is 2. The van der Waals surface area contributed by atoms with E-state index in [1.807, 2.05) is 6.07 Å². The van der Waals surface area contributed by atoms with Crippen molar-refractivity contribution in [3.8, 4) is 0 Å². The van der Waals surface area contributed by atoms with Crippen LogP contribution in [0.15, 0.2) is 30.3 Å². The zero-order chi connectivity index (χ0) is 15.5. The number of hydrogen-bond acceptors (Lipinski definition) is 3. The van der Waals surface area contributed by atoms with E-state index in [1.54, 1.807) is 29.2 Å². The van der Waals surface area contributed by atoms with Crippen LogP contribution in [-0.4, -0.2) is 46.0 Å². The normalized spacial score (nSPS) is 17.2. The van der Waals surface area contributed by atoms with E-state index in [0.717, 1.165) is 0 Å². The van der Waals surface area contributed by atoms with E-state index in [-0.39, 0.29) is 31.8 Å². The fourth-order valence-corrected chi connectivity index (χ4v) is 2.66. The minimum atomic E-state index is -1.26. The first-order valence-electron chi connectivity index (χ1n) is 6.74. The molecule has 1 fully saturated rings. The summed E-state index contributed by atoms with van der Waals surface area (Å²) in [7, 11) is 0. The molecule has 21 heavy (non-hydrogen) atoms. The minimum absolute atomic E-state index is 0.148. The van der Waals surface area contributed by atoms with Gasteiger partial charge in [-0.15, -0.1) is 0 Å². The number of carbonyl (C=O) groups excluding carboxylic acids is 1. The predicted octanol–water partition coefficient (Wildman–Crippen LogP) is 1.47. The van der Waals surface area contributed by atoms with Gasteiger partial charge in [0.15, 0.2) is 0 Å². The van der Waals surface area contributed by atoms with Crippen LogP contribution in [0.1, 0.15) is 29.6 Å². The Labute approximate surface area is 122 Å². The van der Waals surface area contributed by atoms with Gasteiger partial charge in [-0.05, 0) is 25.0 Å². The Morgan fingerprint density at radius 2 is 1.62 bits per heavy atom. The summed E-state index contributed by atoms with van der Waals surface area (Å²) in [5, 5.41) is 18.2. The highest BCUT2D eigenvalue weighted by Gasteiger charge is 2.44. The van der Waals surface area contributed by atoms with Crippen molar-refractivity contribution in [1.82, 2.24) is 4.90 Å². The van der Waals surface area contributed by atoms with E-state index in [0.29, 0.717) is 5.56 Å². The van der Waals surface area contributed by atoms with Crippen molar-refractivity contribution in [2.75, 3.05) is 13.1 Å². The first-order valence-corrected chi connectivity index (χ1v) is 6.74. The molecule has 2 rings (SSSR count). The monoisotopic (exact) mass is 291 g/mol. The van der Waals surface area contributed by atoms with Crippen molar-refractivity contribution >= 4 is 17.8 Å². The average Bonchev–Trinajstić information content (AvgIpc) is 2.47. The average molecular weight is 291 g/mol. The Kier molecular flexibility index (Phi) is 4.26. The molecule has 0 radical (unpaired) electrons. The van der Waals surface area contributed by atoms with Gasteiger partial charge in [-0.25, -0.2) is 0 Å². The number of nitrogens with zero attached hydrogens (tertiary/aromatic N) is 1. The SMILES string of the molecule is O=C(O)CC1(C(=O)O)CCN(C(=O)c2ccccc2)CC1. The van der Waals surface area contributed by atoms with Gasteiger partial charge in [-0.3, -0.25) is 14.4 Å². The Bertz CT molecular complexity index is 546. The second-order valence-corrected chi connectivity index (χ2v) is 5.31. The lowest BCUT2D eigenvalue weighted by Crippen LogP contribution is -2.47. The Balaban J connectivity index is 2.07. The molecular weight excluding hydrogens is 274 g/mol. The zero-order valence-electron chi connectivity index (χ0n) is 11.5. The molecule has 0 spiro atoms. The third-order valence-electron chi connectivity index (χ3n) is 3.97. The van der Waals surface area contributed by atoms with E-state index in [2.05, 4.69) is 0 Å². The van der Waals surface area contributed by atoms with Crippen LogP contribution in [0, 0.1) is 5.41 Å². The maximum absolute atomic E-state index is 12.3. The van der Waals surface area contributed by atoms with Crippen LogP contribution in [0.4, 0.5) is 0 Å². The molecule has 0 saturated carbocycles. The summed E-state index contributed by atoms with van der Waals surface area (Å²) in [6.07, 6.45) is -0.0872. The van der Waals surface area contributed by atoms with Crippen molar-refractivity contribution < 1.29 is 24.6 Å². The van der Waals surface area contributed by atoms with Crippen LogP contribution in [0.25, 0.3) is 0 Å². The fraction of sp³-hybridized carbons (Fsp3) is 0.400. The lowest BCUT2D eigenvalue weighted by Gasteiger charge is -2.38. The molecule has 6 heteroatoms. The molecule has 0 unspecified atom stereocenters. The van der Waals surface area contributed by atoms with Gasteiger partial charge in [0.25, 0.3) is 5.91 Å². The highest BCUT2D eigenvalue weighted by atomic mass is 16.4. The van der Waals surface area contributed by atoms with Crippen LogP contribution >= 0.6 is 0 Å². The van der Waals surface area contributed by atoms with Crippen molar-refractivity contribution in [3.63, 3.8) is 0 Å². The van der Waals surface area contributed by atoms with Crippen molar-refractivity contribution in [2.45, 2.75) is 19.3 Å². The summed E-state index contributed by atoms with van der Waals surface area (Å²) in [4.78, 5) is 36.1. The van der Waals surface area contributed by atoms with Crippen LogP contribution in [0.2, 0.25) is 0 Å². The van der Waals surface area contributed by atoms with Gasteiger partial charge in [0, 0.05) is 18.7 Å². The van der Waals surface area contributed by atoms with Gasteiger partial charge in [0.1, 0.15) is 0 Å². The van der Waals surface area contributed by atoms with Gasteiger partial charge in [-0.2, -0.15) is 0 Å². The topological polar surface area (TPSA) is 94.9 Å². The molecule has 1 saturated heterocycles. The molecule has 0 aromatic heterocycles. The highest BCUT2D eigenvalue weighted by Crippen LogP contribution is 2.35. The van der Waals surface area contributed by atoms with Crippen LogP contribution in [-0.2, 0) is 9.59 Å². The summed E-state index contributed by atoms with van der Waals surface area (Å²) in [6.45, 7) is 0.514. The van der Waals surface area contributed by atoms with Gasteiger partial charge in [0.05, 0.1) is 11.8 Å². The Morgan fingerprint density at radius 3 is 2.10 bits per heavy atom. The smallest absolute Gasteiger partial charge is 0.310 e. The van der Waals surface area contributed by atoms with Crippen molar-refractivity contribution in [2.24, 2.45) is 5.41 Å². The van der Waals surface area contributed by atoms with Crippen molar-refractivity contribution in [3.05, 3.63) is 35.9 Å². The van der Waals surface area contributed by atoms with E-state index in [9.17, 15) is 19.5 Å². The first kappa shape index (κ1) is 15.0. The van der Waals surface area contributed by atoms with Gasteiger partial charge in [0.2, 0.25) is 0 Å². The number of amides is 1. The number of likely N-dealkylation sites (tertiary alicyclic amines) is 1. The summed E-state index contributed by atoms with van der Waals surface area (Å²) >= 11 is 0. The number of carbonyl (C=O) groups is 3. The second-order valence-electron chi connectivity index (χ2n) is 5.31. The molecular formula is C15H17NO5. The van der Waals surface area contributed by atoms with E-state index in [1.165, 1.54) is 0 Å². The van der Waals surface area contributed by atoms with Gasteiger partial charge < -0.3 is 15.1 Å². The molecule has 0 atom stereocenters. The van der Waals surface area contributed by atoms with E-state index >= 15 is 0 Å². The third-order valence-corrected chi connectivity index (χ3v) is 3.97. The van der Waals surface area contributed by atoms with Crippen LogP contribution < -0.4 is 0 Å².